The summed E-state index contributed by atoms with van der Waals surface area (Å²) in [6, 6.07) is 3.39. The van der Waals surface area contributed by atoms with Crippen LogP contribution in [-0.4, -0.2) is 20.9 Å². The van der Waals surface area contributed by atoms with E-state index in [0.29, 0.717) is 5.52 Å². The minimum absolute atomic E-state index is 0.256. The summed E-state index contributed by atoms with van der Waals surface area (Å²) in [5.41, 5.74) is 1.85. The summed E-state index contributed by atoms with van der Waals surface area (Å²) >= 11 is 0. The molecule has 2 rings (SSSR count). The molecule has 1 N–H and O–H groups in total. The van der Waals surface area contributed by atoms with E-state index in [-0.39, 0.29) is 5.56 Å². The van der Waals surface area contributed by atoms with Gasteiger partial charge in [0.05, 0.1) is 5.56 Å². The molecule has 4 nitrogen and oxygen atoms in total. The lowest BCUT2D eigenvalue weighted by atomic mass is 10.1. The Morgan fingerprint density at radius 2 is 2.21 bits per heavy atom. The Kier molecular flexibility index (Phi) is 1.77. The van der Waals surface area contributed by atoms with Gasteiger partial charge in [-0.15, -0.1) is 0 Å². The molecule has 0 fully saturated rings. The van der Waals surface area contributed by atoms with Crippen LogP contribution >= 0.6 is 0 Å². The minimum atomic E-state index is -0.936. The second kappa shape index (κ2) is 2.83. The standard InChI is InChI=1S/C10H10N2O2/c1-6-3-4-7(10(13)14)9-8(6)5-12(2)11-9/h3-5H,1-2H3,(H,13,14). The van der Waals surface area contributed by atoms with E-state index in [1.165, 1.54) is 0 Å². The zero-order chi connectivity index (χ0) is 10.3. The predicted octanol–water partition coefficient (Wildman–Crippen LogP) is 1.58. The van der Waals surface area contributed by atoms with Gasteiger partial charge in [0.1, 0.15) is 5.52 Å². The first kappa shape index (κ1) is 8.74. The van der Waals surface area contributed by atoms with Crippen molar-refractivity contribution in [1.29, 1.82) is 0 Å². The second-order valence-corrected chi connectivity index (χ2v) is 3.30. The zero-order valence-corrected chi connectivity index (χ0v) is 7.98. The van der Waals surface area contributed by atoms with Gasteiger partial charge in [-0.2, -0.15) is 5.10 Å². The smallest absolute Gasteiger partial charge is 0.337 e. The van der Waals surface area contributed by atoms with E-state index >= 15 is 0 Å². The molecule has 0 unspecified atom stereocenters. The summed E-state index contributed by atoms with van der Waals surface area (Å²) in [5.74, 6) is -0.936. The first-order valence-corrected chi connectivity index (χ1v) is 4.26. The van der Waals surface area contributed by atoms with E-state index in [2.05, 4.69) is 5.10 Å². The summed E-state index contributed by atoms with van der Waals surface area (Å²) < 4.78 is 1.63. The third-order valence-electron chi connectivity index (χ3n) is 2.24. The molecule has 1 aromatic carbocycles. The first-order valence-electron chi connectivity index (χ1n) is 4.26. The van der Waals surface area contributed by atoms with Crippen molar-refractivity contribution in [2.45, 2.75) is 6.92 Å². The van der Waals surface area contributed by atoms with Gasteiger partial charge in [-0.25, -0.2) is 4.79 Å². The Balaban J connectivity index is 2.87. The van der Waals surface area contributed by atoms with E-state index in [1.54, 1.807) is 23.9 Å². The number of nitrogens with zero attached hydrogens (tertiary/aromatic N) is 2. The van der Waals surface area contributed by atoms with Crippen LogP contribution in [0.2, 0.25) is 0 Å². The van der Waals surface area contributed by atoms with Gasteiger partial charge in [-0.05, 0) is 18.6 Å². The van der Waals surface area contributed by atoms with Gasteiger partial charge in [0, 0.05) is 18.6 Å². The predicted molar refractivity (Wildman–Crippen MR) is 52.4 cm³/mol. The van der Waals surface area contributed by atoms with Crippen LogP contribution in [0, 0.1) is 6.92 Å². The second-order valence-electron chi connectivity index (χ2n) is 3.30. The van der Waals surface area contributed by atoms with Crippen molar-refractivity contribution in [3.63, 3.8) is 0 Å². The molecule has 0 saturated heterocycles. The SMILES string of the molecule is Cc1ccc(C(=O)O)c2nn(C)cc12. The largest absolute Gasteiger partial charge is 0.478 e. The maximum absolute atomic E-state index is 10.9. The topological polar surface area (TPSA) is 55.1 Å². The Bertz CT molecular complexity index is 514. The molecule has 0 bridgehead atoms. The summed E-state index contributed by atoms with van der Waals surface area (Å²) in [6.45, 7) is 1.94. The molecule has 0 amide bonds. The van der Waals surface area contributed by atoms with Crippen LogP contribution in [0.5, 0.6) is 0 Å². The molecule has 2 aromatic rings. The number of carboxylic acids is 1. The van der Waals surface area contributed by atoms with E-state index in [4.69, 9.17) is 5.11 Å². The molecule has 0 aliphatic carbocycles. The van der Waals surface area contributed by atoms with Crippen LogP contribution in [0.25, 0.3) is 10.9 Å². The van der Waals surface area contributed by atoms with E-state index in [1.807, 2.05) is 13.1 Å². The maximum atomic E-state index is 10.9. The van der Waals surface area contributed by atoms with Gasteiger partial charge in [-0.3, -0.25) is 4.68 Å². The number of carbonyl (C=O) groups is 1. The summed E-state index contributed by atoms with van der Waals surface area (Å²) in [4.78, 5) is 10.9. The molecule has 0 aliphatic heterocycles. The van der Waals surface area contributed by atoms with Crippen molar-refractivity contribution in [3.8, 4) is 0 Å². The molecule has 4 heteroatoms. The zero-order valence-electron chi connectivity index (χ0n) is 7.98. The van der Waals surface area contributed by atoms with Crippen LogP contribution < -0.4 is 0 Å². The molecule has 0 saturated carbocycles. The third kappa shape index (κ3) is 1.16. The lowest BCUT2D eigenvalue weighted by Crippen LogP contribution is -1.98. The van der Waals surface area contributed by atoms with Gasteiger partial charge < -0.3 is 5.11 Å². The molecule has 0 spiro atoms. The van der Waals surface area contributed by atoms with Crippen molar-refractivity contribution in [3.05, 3.63) is 29.5 Å². The first-order chi connectivity index (χ1) is 6.59. The minimum Gasteiger partial charge on any atom is -0.478 e. The molecule has 1 heterocycles. The Morgan fingerprint density at radius 1 is 1.50 bits per heavy atom. The lowest BCUT2D eigenvalue weighted by molar-refractivity contribution is 0.0699. The van der Waals surface area contributed by atoms with E-state index < -0.39 is 5.97 Å². The molecule has 14 heavy (non-hydrogen) atoms. The Labute approximate surface area is 80.8 Å². The van der Waals surface area contributed by atoms with Crippen molar-refractivity contribution in [1.82, 2.24) is 9.78 Å². The van der Waals surface area contributed by atoms with Crippen LogP contribution in [0.3, 0.4) is 0 Å². The van der Waals surface area contributed by atoms with Crippen LogP contribution in [0.15, 0.2) is 18.3 Å². The number of hydrogen-bond acceptors (Lipinski definition) is 2. The number of fused-ring (bicyclic) bond motifs is 1. The van der Waals surface area contributed by atoms with Gasteiger partial charge in [0.25, 0.3) is 0 Å². The fourth-order valence-corrected chi connectivity index (χ4v) is 1.53. The van der Waals surface area contributed by atoms with E-state index in [0.717, 1.165) is 10.9 Å². The van der Waals surface area contributed by atoms with Gasteiger partial charge >= 0.3 is 5.97 Å². The molecule has 1 aromatic heterocycles. The van der Waals surface area contributed by atoms with Crippen LogP contribution in [0.4, 0.5) is 0 Å². The number of aromatic carboxylic acids is 1. The molecule has 0 aliphatic rings. The Morgan fingerprint density at radius 3 is 2.86 bits per heavy atom. The molecule has 0 radical (unpaired) electrons. The fraction of sp³-hybridized carbons (Fsp3) is 0.200. The molecular formula is C10H10N2O2. The van der Waals surface area contributed by atoms with Crippen molar-refractivity contribution >= 4 is 16.9 Å². The summed E-state index contributed by atoms with van der Waals surface area (Å²) in [6.07, 6.45) is 1.83. The number of carboxylic acid groups (broad SMARTS) is 1. The maximum Gasteiger partial charge on any atom is 0.337 e. The van der Waals surface area contributed by atoms with Gasteiger partial charge in [-0.1, -0.05) is 6.07 Å². The normalized spacial score (nSPS) is 10.7. The highest BCUT2D eigenvalue weighted by molar-refractivity contribution is 6.02. The molecular weight excluding hydrogens is 180 g/mol. The fourth-order valence-electron chi connectivity index (χ4n) is 1.53. The Hall–Kier alpha value is -1.84. The quantitative estimate of drug-likeness (QED) is 0.742. The van der Waals surface area contributed by atoms with Crippen molar-refractivity contribution < 1.29 is 9.90 Å². The van der Waals surface area contributed by atoms with Gasteiger partial charge in [0.2, 0.25) is 0 Å². The highest BCUT2D eigenvalue weighted by atomic mass is 16.4. The van der Waals surface area contributed by atoms with Crippen molar-refractivity contribution in [2.24, 2.45) is 7.05 Å². The number of rotatable bonds is 1. The number of hydrogen-bond donors (Lipinski definition) is 1. The number of aromatic nitrogens is 2. The number of aryl methyl sites for hydroxylation is 2. The van der Waals surface area contributed by atoms with Crippen molar-refractivity contribution in [2.75, 3.05) is 0 Å². The highest BCUT2D eigenvalue weighted by Crippen LogP contribution is 2.20. The average molecular weight is 190 g/mol. The van der Waals surface area contributed by atoms with Gasteiger partial charge in [0.15, 0.2) is 0 Å². The molecule has 72 valence electrons. The summed E-state index contributed by atoms with van der Waals surface area (Å²) in [7, 11) is 1.78. The average Bonchev–Trinajstić information content (AvgIpc) is 2.47. The number of benzene rings is 1. The van der Waals surface area contributed by atoms with Crippen LogP contribution in [-0.2, 0) is 7.05 Å². The lowest BCUT2D eigenvalue weighted by Gasteiger charge is -1.97. The third-order valence-corrected chi connectivity index (χ3v) is 2.24. The summed E-state index contributed by atoms with van der Waals surface area (Å²) in [5, 5.41) is 14.0. The highest BCUT2D eigenvalue weighted by Gasteiger charge is 2.12. The monoisotopic (exact) mass is 190 g/mol. The van der Waals surface area contributed by atoms with Crippen LogP contribution in [0.1, 0.15) is 15.9 Å². The van der Waals surface area contributed by atoms with E-state index in [9.17, 15) is 4.79 Å². The molecule has 0 atom stereocenters.